The molecular weight excluding hydrogens is 344 g/mol. The fourth-order valence-corrected chi connectivity index (χ4v) is 3.66. The number of nitrogens with one attached hydrogen (secondary N) is 1. The topological polar surface area (TPSA) is 67.9 Å². The number of para-hydroxylation sites is 1. The molecule has 2 amide bonds. The maximum Gasteiger partial charge on any atom is 0.230 e. The predicted octanol–water partition coefficient (Wildman–Crippen LogP) is 2.87. The average Bonchev–Trinajstić information content (AvgIpc) is 3.39. The highest BCUT2D eigenvalue weighted by atomic mass is 16.5. The van der Waals surface area contributed by atoms with Crippen molar-refractivity contribution in [2.75, 3.05) is 31.0 Å². The monoisotopic (exact) mass is 366 g/mol. The summed E-state index contributed by atoms with van der Waals surface area (Å²) >= 11 is 0. The quantitative estimate of drug-likeness (QED) is 0.884. The van der Waals surface area contributed by atoms with Gasteiger partial charge in [0.25, 0.3) is 0 Å². The van der Waals surface area contributed by atoms with Gasteiger partial charge in [-0.1, -0.05) is 18.2 Å². The summed E-state index contributed by atoms with van der Waals surface area (Å²) in [4.78, 5) is 27.3. The van der Waals surface area contributed by atoms with Gasteiger partial charge in [0.15, 0.2) is 0 Å². The fourth-order valence-electron chi connectivity index (χ4n) is 3.66. The van der Waals surface area contributed by atoms with Gasteiger partial charge >= 0.3 is 0 Å². The zero-order chi connectivity index (χ0) is 19.0. The van der Waals surface area contributed by atoms with Crippen LogP contribution < -0.4 is 19.7 Å². The van der Waals surface area contributed by atoms with E-state index in [1.807, 2.05) is 23.1 Å². The van der Waals surface area contributed by atoms with E-state index in [9.17, 15) is 9.59 Å². The summed E-state index contributed by atoms with van der Waals surface area (Å²) in [5, 5.41) is 2.88. The van der Waals surface area contributed by atoms with Gasteiger partial charge in [0, 0.05) is 18.3 Å². The van der Waals surface area contributed by atoms with Crippen LogP contribution in [0.4, 0.5) is 11.4 Å². The Morgan fingerprint density at radius 1 is 1.07 bits per heavy atom. The lowest BCUT2D eigenvalue weighted by molar-refractivity contribution is -0.123. The van der Waals surface area contributed by atoms with E-state index in [-0.39, 0.29) is 23.7 Å². The molecule has 2 unspecified atom stereocenters. The van der Waals surface area contributed by atoms with Gasteiger partial charge in [0.05, 0.1) is 31.7 Å². The van der Waals surface area contributed by atoms with E-state index in [1.54, 1.807) is 32.4 Å². The molecule has 140 valence electrons. The minimum atomic E-state index is -0.304. The number of ether oxygens (including phenoxy) is 2. The number of amides is 2. The standard InChI is InChI=1S/C21H22N2O4/c1-26-14-7-8-19(27-2)17(11-14)22-20(24)15-12-16(15)21(25)23-10-9-13-5-3-4-6-18(13)23/h3-8,11,15-16H,9-10,12H2,1-2H3,(H,22,24). The van der Waals surface area contributed by atoms with Crippen molar-refractivity contribution in [1.29, 1.82) is 0 Å². The van der Waals surface area contributed by atoms with Crippen molar-refractivity contribution >= 4 is 23.2 Å². The minimum absolute atomic E-state index is 0.0395. The molecule has 2 aromatic carbocycles. The van der Waals surface area contributed by atoms with Gasteiger partial charge in [0.1, 0.15) is 11.5 Å². The SMILES string of the molecule is COc1ccc(OC)c(NC(=O)C2CC2C(=O)N2CCc3ccccc32)c1. The number of carbonyl (C=O) groups excluding carboxylic acids is 2. The zero-order valence-corrected chi connectivity index (χ0v) is 15.4. The first-order valence-corrected chi connectivity index (χ1v) is 9.04. The Hall–Kier alpha value is -3.02. The number of carbonyl (C=O) groups is 2. The summed E-state index contributed by atoms with van der Waals surface area (Å²) in [6.07, 6.45) is 1.45. The van der Waals surface area contributed by atoms with Crippen molar-refractivity contribution in [2.45, 2.75) is 12.8 Å². The summed E-state index contributed by atoms with van der Waals surface area (Å²) in [6, 6.07) is 13.2. The summed E-state index contributed by atoms with van der Waals surface area (Å²) in [5.74, 6) is 0.503. The third-order valence-electron chi connectivity index (χ3n) is 5.26. The molecular formula is C21H22N2O4. The molecule has 2 aliphatic rings. The zero-order valence-electron chi connectivity index (χ0n) is 15.4. The van der Waals surface area contributed by atoms with E-state index >= 15 is 0 Å². The predicted molar refractivity (Wildman–Crippen MR) is 102 cm³/mol. The molecule has 0 saturated heterocycles. The highest BCUT2D eigenvalue weighted by molar-refractivity contribution is 6.05. The van der Waals surface area contributed by atoms with Gasteiger partial charge in [0.2, 0.25) is 11.8 Å². The van der Waals surface area contributed by atoms with Crippen molar-refractivity contribution in [2.24, 2.45) is 11.8 Å². The number of benzene rings is 2. The molecule has 4 rings (SSSR count). The highest BCUT2D eigenvalue weighted by Gasteiger charge is 2.50. The van der Waals surface area contributed by atoms with Crippen LogP contribution in [0.1, 0.15) is 12.0 Å². The highest BCUT2D eigenvalue weighted by Crippen LogP contribution is 2.43. The van der Waals surface area contributed by atoms with Crippen LogP contribution in [0.5, 0.6) is 11.5 Å². The Morgan fingerprint density at radius 3 is 2.67 bits per heavy atom. The molecule has 2 aromatic rings. The Kier molecular flexibility index (Phi) is 4.48. The Balaban J connectivity index is 1.43. The van der Waals surface area contributed by atoms with Gasteiger partial charge in [-0.2, -0.15) is 0 Å². The summed E-state index contributed by atoms with van der Waals surface area (Å²) in [5.41, 5.74) is 2.71. The normalized spacial score (nSPS) is 20.0. The van der Waals surface area contributed by atoms with Crippen LogP contribution in [0.3, 0.4) is 0 Å². The van der Waals surface area contributed by atoms with Crippen LogP contribution in [0, 0.1) is 11.8 Å². The van der Waals surface area contributed by atoms with E-state index < -0.39 is 0 Å². The van der Waals surface area contributed by atoms with E-state index in [1.165, 1.54) is 5.56 Å². The van der Waals surface area contributed by atoms with E-state index in [4.69, 9.17) is 9.47 Å². The molecule has 1 aliphatic carbocycles. The lowest BCUT2D eigenvalue weighted by Crippen LogP contribution is -2.32. The van der Waals surface area contributed by atoms with E-state index in [2.05, 4.69) is 11.4 Å². The van der Waals surface area contributed by atoms with Gasteiger partial charge in [-0.3, -0.25) is 9.59 Å². The number of hydrogen-bond acceptors (Lipinski definition) is 4. The first-order chi connectivity index (χ1) is 13.1. The lowest BCUT2D eigenvalue weighted by atomic mass is 10.2. The molecule has 1 aliphatic heterocycles. The molecule has 1 fully saturated rings. The van der Waals surface area contributed by atoms with E-state index in [0.29, 0.717) is 30.2 Å². The number of nitrogens with zero attached hydrogens (tertiary/aromatic N) is 1. The number of hydrogen-bond donors (Lipinski definition) is 1. The maximum atomic E-state index is 12.9. The number of methoxy groups -OCH3 is 2. The number of rotatable bonds is 5. The largest absolute Gasteiger partial charge is 0.497 e. The molecule has 0 spiro atoms. The molecule has 0 aromatic heterocycles. The van der Waals surface area contributed by atoms with Crippen molar-refractivity contribution in [1.82, 2.24) is 0 Å². The van der Waals surface area contributed by atoms with Gasteiger partial charge in [-0.25, -0.2) is 0 Å². The molecule has 2 atom stereocenters. The van der Waals surface area contributed by atoms with E-state index in [0.717, 1.165) is 12.1 Å². The molecule has 6 nitrogen and oxygen atoms in total. The van der Waals surface area contributed by atoms with Crippen LogP contribution in [0.25, 0.3) is 0 Å². The Morgan fingerprint density at radius 2 is 1.89 bits per heavy atom. The second-order valence-electron chi connectivity index (χ2n) is 6.87. The molecule has 0 bridgehead atoms. The lowest BCUT2D eigenvalue weighted by Gasteiger charge is -2.17. The Bertz CT molecular complexity index is 896. The van der Waals surface area contributed by atoms with Crippen molar-refractivity contribution in [3.05, 3.63) is 48.0 Å². The third kappa shape index (κ3) is 3.23. The molecule has 27 heavy (non-hydrogen) atoms. The van der Waals surface area contributed by atoms with Gasteiger partial charge < -0.3 is 19.7 Å². The minimum Gasteiger partial charge on any atom is -0.497 e. The third-order valence-corrected chi connectivity index (χ3v) is 5.26. The van der Waals surface area contributed by atoms with Crippen LogP contribution in [-0.2, 0) is 16.0 Å². The molecule has 0 radical (unpaired) electrons. The first kappa shape index (κ1) is 17.4. The summed E-state index contributed by atoms with van der Waals surface area (Å²) in [7, 11) is 3.11. The van der Waals surface area contributed by atoms with Crippen molar-refractivity contribution < 1.29 is 19.1 Å². The smallest absolute Gasteiger partial charge is 0.230 e. The fraction of sp³-hybridized carbons (Fsp3) is 0.333. The second kappa shape index (κ2) is 6.95. The maximum absolute atomic E-state index is 12.9. The summed E-state index contributed by atoms with van der Waals surface area (Å²) in [6.45, 7) is 0.687. The average molecular weight is 366 g/mol. The molecule has 1 N–H and O–H groups in total. The molecule has 1 heterocycles. The van der Waals surface area contributed by atoms with Crippen molar-refractivity contribution in [3.63, 3.8) is 0 Å². The number of anilines is 2. The van der Waals surface area contributed by atoms with Crippen LogP contribution in [-0.4, -0.2) is 32.6 Å². The van der Waals surface area contributed by atoms with Crippen LogP contribution >= 0.6 is 0 Å². The molecule has 1 saturated carbocycles. The van der Waals surface area contributed by atoms with Gasteiger partial charge in [-0.05, 0) is 36.6 Å². The van der Waals surface area contributed by atoms with Gasteiger partial charge in [-0.15, -0.1) is 0 Å². The van der Waals surface area contributed by atoms with Crippen molar-refractivity contribution in [3.8, 4) is 11.5 Å². The Labute approximate surface area is 158 Å². The van der Waals surface area contributed by atoms with Crippen LogP contribution in [0.2, 0.25) is 0 Å². The number of fused-ring (bicyclic) bond motifs is 1. The second-order valence-corrected chi connectivity index (χ2v) is 6.87. The molecule has 6 heteroatoms. The summed E-state index contributed by atoms with van der Waals surface area (Å²) < 4.78 is 10.5. The first-order valence-electron chi connectivity index (χ1n) is 9.04. The van der Waals surface area contributed by atoms with Crippen LogP contribution in [0.15, 0.2) is 42.5 Å².